The van der Waals surface area contributed by atoms with E-state index in [4.69, 9.17) is 0 Å². The lowest BCUT2D eigenvalue weighted by molar-refractivity contribution is -0.118. The summed E-state index contributed by atoms with van der Waals surface area (Å²) in [7, 11) is 0. The molecule has 0 aromatic heterocycles. The topological polar surface area (TPSA) is 35.6 Å². The van der Waals surface area contributed by atoms with Crippen molar-refractivity contribution >= 4 is 11.6 Å². The van der Waals surface area contributed by atoms with Crippen molar-refractivity contribution in [1.82, 2.24) is 10.2 Å². The van der Waals surface area contributed by atoms with Crippen molar-refractivity contribution in [3.8, 4) is 0 Å². The van der Waals surface area contributed by atoms with E-state index in [1.807, 2.05) is 4.90 Å². The highest BCUT2D eigenvalue weighted by atomic mass is 16.2. The van der Waals surface area contributed by atoms with Crippen LogP contribution >= 0.6 is 0 Å². The molecule has 22 heavy (non-hydrogen) atoms. The van der Waals surface area contributed by atoms with Gasteiger partial charge in [-0.15, -0.1) is 0 Å². The Hall–Kier alpha value is -1.39. The number of hydrogen-bond donors (Lipinski definition) is 1. The molecule has 1 amide bonds. The molecule has 0 radical (unpaired) electrons. The van der Waals surface area contributed by atoms with E-state index < -0.39 is 0 Å². The molecule has 4 nitrogen and oxygen atoms in total. The van der Waals surface area contributed by atoms with Gasteiger partial charge in [0.1, 0.15) is 0 Å². The van der Waals surface area contributed by atoms with Gasteiger partial charge in [0, 0.05) is 51.4 Å². The third kappa shape index (κ3) is 3.50. The molecule has 0 saturated carbocycles. The standard InChI is InChI=1S/C18H27N3O/c1-2-3-18(22)21-11-7-16-14-15(4-5-17(16)21)6-10-20-12-8-19-9-13-20/h4-5,14,19H,2-3,6-13H2,1H3. The van der Waals surface area contributed by atoms with Crippen molar-refractivity contribution in [3.05, 3.63) is 29.3 Å². The zero-order valence-corrected chi connectivity index (χ0v) is 13.6. The third-order valence-corrected chi connectivity index (χ3v) is 4.73. The maximum absolute atomic E-state index is 12.1. The summed E-state index contributed by atoms with van der Waals surface area (Å²) in [5.41, 5.74) is 3.90. The number of fused-ring (bicyclic) bond motifs is 1. The first kappa shape index (κ1) is 15.5. The first-order valence-corrected chi connectivity index (χ1v) is 8.63. The Morgan fingerprint density at radius 1 is 1.23 bits per heavy atom. The lowest BCUT2D eigenvalue weighted by Crippen LogP contribution is -2.44. The number of nitrogens with one attached hydrogen (secondary N) is 1. The molecule has 0 atom stereocenters. The molecule has 1 aromatic rings. The molecular formula is C18H27N3O. The van der Waals surface area contributed by atoms with Gasteiger partial charge in [0.15, 0.2) is 0 Å². The lowest BCUT2D eigenvalue weighted by atomic mass is 10.1. The Bertz CT molecular complexity index is 523. The van der Waals surface area contributed by atoms with Crippen molar-refractivity contribution in [2.45, 2.75) is 32.6 Å². The Balaban J connectivity index is 1.61. The number of anilines is 1. The van der Waals surface area contributed by atoms with Gasteiger partial charge in [-0.1, -0.05) is 19.1 Å². The highest BCUT2D eigenvalue weighted by Crippen LogP contribution is 2.29. The highest BCUT2D eigenvalue weighted by Gasteiger charge is 2.24. The molecule has 1 aromatic carbocycles. The third-order valence-electron chi connectivity index (χ3n) is 4.73. The first-order chi connectivity index (χ1) is 10.8. The maximum Gasteiger partial charge on any atom is 0.226 e. The summed E-state index contributed by atoms with van der Waals surface area (Å²) in [6.07, 6.45) is 3.69. The van der Waals surface area contributed by atoms with Crippen LogP contribution in [0.4, 0.5) is 5.69 Å². The minimum absolute atomic E-state index is 0.273. The van der Waals surface area contributed by atoms with Crippen LogP contribution in [0, 0.1) is 0 Å². The van der Waals surface area contributed by atoms with Crippen molar-refractivity contribution in [3.63, 3.8) is 0 Å². The Morgan fingerprint density at radius 3 is 2.82 bits per heavy atom. The maximum atomic E-state index is 12.1. The molecule has 120 valence electrons. The van der Waals surface area contributed by atoms with Crippen LogP contribution in [0.5, 0.6) is 0 Å². The van der Waals surface area contributed by atoms with E-state index in [-0.39, 0.29) is 5.91 Å². The van der Waals surface area contributed by atoms with Gasteiger partial charge in [-0.05, 0) is 36.5 Å². The van der Waals surface area contributed by atoms with Crippen molar-refractivity contribution in [2.75, 3.05) is 44.2 Å². The molecule has 2 aliphatic heterocycles. The average molecular weight is 301 g/mol. The molecule has 0 bridgehead atoms. The highest BCUT2D eigenvalue weighted by molar-refractivity contribution is 5.95. The molecule has 0 unspecified atom stereocenters. The van der Waals surface area contributed by atoms with E-state index in [9.17, 15) is 4.79 Å². The number of benzene rings is 1. The van der Waals surface area contributed by atoms with Gasteiger partial charge in [0.2, 0.25) is 5.91 Å². The number of hydrogen-bond acceptors (Lipinski definition) is 3. The normalized spacial score (nSPS) is 18.5. The molecule has 2 aliphatic rings. The van der Waals surface area contributed by atoms with Gasteiger partial charge in [-0.25, -0.2) is 0 Å². The van der Waals surface area contributed by atoms with Crippen LogP contribution in [0.25, 0.3) is 0 Å². The molecule has 0 aliphatic carbocycles. The van der Waals surface area contributed by atoms with E-state index >= 15 is 0 Å². The molecule has 1 saturated heterocycles. The van der Waals surface area contributed by atoms with Gasteiger partial charge in [0.25, 0.3) is 0 Å². The second-order valence-corrected chi connectivity index (χ2v) is 6.35. The number of nitrogens with zero attached hydrogens (tertiary/aromatic N) is 2. The minimum Gasteiger partial charge on any atom is -0.314 e. The summed E-state index contributed by atoms with van der Waals surface area (Å²) in [5.74, 6) is 0.273. The number of carbonyl (C=O) groups excluding carboxylic acids is 1. The summed E-state index contributed by atoms with van der Waals surface area (Å²) < 4.78 is 0. The van der Waals surface area contributed by atoms with Crippen LogP contribution in [0.15, 0.2) is 18.2 Å². The van der Waals surface area contributed by atoms with Crippen LogP contribution in [-0.4, -0.2) is 50.1 Å². The van der Waals surface area contributed by atoms with E-state index in [0.717, 1.165) is 64.2 Å². The molecule has 1 N–H and O–H groups in total. The second-order valence-electron chi connectivity index (χ2n) is 6.35. The molecular weight excluding hydrogens is 274 g/mol. The van der Waals surface area contributed by atoms with Crippen LogP contribution in [-0.2, 0) is 17.6 Å². The monoisotopic (exact) mass is 301 g/mol. The van der Waals surface area contributed by atoms with Gasteiger partial charge in [-0.3, -0.25) is 4.79 Å². The van der Waals surface area contributed by atoms with Gasteiger partial charge in [-0.2, -0.15) is 0 Å². The predicted octanol–water partition coefficient (Wildman–Crippen LogP) is 1.82. The fourth-order valence-corrected chi connectivity index (χ4v) is 3.44. The molecule has 3 rings (SSSR count). The number of amides is 1. The fourth-order valence-electron chi connectivity index (χ4n) is 3.44. The largest absolute Gasteiger partial charge is 0.314 e. The van der Waals surface area contributed by atoms with Crippen LogP contribution in [0.1, 0.15) is 30.9 Å². The van der Waals surface area contributed by atoms with Gasteiger partial charge in [0.05, 0.1) is 0 Å². The summed E-state index contributed by atoms with van der Waals surface area (Å²) in [4.78, 5) is 16.6. The predicted molar refractivity (Wildman–Crippen MR) is 90.4 cm³/mol. The van der Waals surface area contributed by atoms with Crippen LogP contribution in [0.3, 0.4) is 0 Å². The zero-order chi connectivity index (χ0) is 15.4. The summed E-state index contributed by atoms with van der Waals surface area (Å²) in [6, 6.07) is 6.68. The molecule has 0 spiro atoms. The Morgan fingerprint density at radius 2 is 2.05 bits per heavy atom. The fraction of sp³-hybridized carbons (Fsp3) is 0.611. The number of piperazine rings is 1. The second kappa shape index (κ2) is 7.25. The van der Waals surface area contributed by atoms with Crippen LogP contribution < -0.4 is 10.2 Å². The van der Waals surface area contributed by atoms with E-state index in [1.165, 1.54) is 11.1 Å². The smallest absolute Gasteiger partial charge is 0.226 e. The van der Waals surface area contributed by atoms with Gasteiger partial charge >= 0.3 is 0 Å². The molecule has 1 fully saturated rings. The Kier molecular flexibility index (Phi) is 5.11. The summed E-state index contributed by atoms with van der Waals surface area (Å²) in [6.45, 7) is 8.59. The molecule has 4 heteroatoms. The number of carbonyl (C=O) groups is 1. The number of rotatable bonds is 5. The minimum atomic E-state index is 0.273. The SMILES string of the molecule is CCCC(=O)N1CCc2cc(CCN3CCNCC3)ccc21. The van der Waals surface area contributed by atoms with E-state index in [2.05, 4.69) is 35.3 Å². The summed E-state index contributed by atoms with van der Waals surface area (Å²) >= 11 is 0. The van der Waals surface area contributed by atoms with E-state index in [0.29, 0.717) is 6.42 Å². The van der Waals surface area contributed by atoms with Crippen molar-refractivity contribution in [2.24, 2.45) is 0 Å². The lowest BCUT2D eigenvalue weighted by Gasteiger charge is -2.27. The van der Waals surface area contributed by atoms with Crippen molar-refractivity contribution in [1.29, 1.82) is 0 Å². The van der Waals surface area contributed by atoms with Crippen molar-refractivity contribution < 1.29 is 4.79 Å². The average Bonchev–Trinajstić information content (AvgIpc) is 2.97. The van der Waals surface area contributed by atoms with E-state index in [1.54, 1.807) is 0 Å². The van der Waals surface area contributed by atoms with Gasteiger partial charge < -0.3 is 15.1 Å². The summed E-state index contributed by atoms with van der Waals surface area (Å²) in [5, 5.41) is 3.39. The molecule has 2 heterocycles. The quantitative estimate of drug-likeness (QED) is 0.901. The Labute approximate surface area is 133 Å². The van der Waals surface area contributed by atoms with Crippen LogP contribution in [0.2, 0.25) is 0 Å². The first-order valence-electron chi connectivity index (χ1n) is 8.63. The zero-order valence-electron chi connectivity index (χ0n) is 13.6.